The highest BCUT2D eigenvalue weighted by atomic mass is 16.9. The summed E-state index contributed by atoms with van der Waals surface area (Å²) in [7, 11) is 0. The molecule has 0 aliphatic carbocycles. The molecule has 1 atom stereocenters. The van der Waals surface area contributed by atoms with Gasteiger partial charge in [0.25, 0.3) is 5.09 Å². The second-order valence-corrected chi connectivity index (χ2v) is 7.03. The van der Waals surface area contributed by atoms with Crippen LogP contribution in [0.15, 0.2) is 44.0 Å². The van der Waals surface area contributed by atoms with Crippen LogP contribution in [0.25, 0.3) is 0 Å². The number of nitrogens with one attached hydrogen (secondary N) is 1. The number of esters is 1. The van der Waals surface area contributed by atoms with Gasteiger partial charge in [-0.2, -0.15) is 0 Å². The maximum atomic E-state index is 12.6. The Labute approximate surface area is 188 Å². The standard InChI is InChI=1S/C21H26N2O10/c1-15-18(33-21(26)32-15)14-30-19(24)17(13-16-9-5-4-6-10-16)22-20(25)29-11-7-2-3-8-12-31-23(27)28/h4-6,9-10,17H,2-3,7-8,11-14H2,1H3,(H,22,25). The third-order valence-electron chi connectivity index (χ3n) is 4.51. The largest absolute Gasteiger partial charge is 0.519 e. The van der Waals surface area contributed by atoms with Crippen LogP contribution < -0.4 is 11.1 Å². The minimum Gasteiger partial charge on any atom is -0.456 e. The molecular weight excluding hydrogens is 440 g/mol. The molecule has 0 aliphatic heterocycles. The highest BCUT2D eigenvalue weighted by molar-refractivity contribution is 5.81. The summed E-state index contributed by atoms with van der Waals surface area (Å²) in [5.41, 5.74) is 0.794. The SMILES string of the molecule is Cc1oc(=O)oc1COC(=O)C(Cc1ccccc1)NC(=O)OCCCCCCO[N+](=O)[O-]. The smallest absolute Gasteiger partial charge is 0.456 e. The van der Waals surface area contributed by atoms with E-state index in [1.165, 1.54) is 6.92 Å². The zero-order chi connectivity index (χ0) is 24.1. The molecule has 0 saturated carbocycles. The van der Waals surface area contributed by atoms with Gasteiger partial charge in [-0.1, -0.05) is 36.8 Å². The first-order valence-corrected chi connectivity index (χ1v) is 10.4. The quantitative estimate of drug-likeness (QED) is 0.190. The molecule has 0 aliphatic rings. The first-order valence-electron chi connectivity index (χ1n) is 10.4. The Morgan fingerprint density at radius 1 is 1.06 bits per heavy atom. The van der Waals surface area contributed by atoms with Gasteiger partial charge >= 0.3 is 17.9 Å². The van der Waals surface area contributed by atoms with E-state index in [1.54, 1.807) is 24.3 Å². The van der Waals surface area contributed by atoms with Crippen LogP contribution in [0, 0.1) is 17.0 Å². The lowest BCUT2D eigenvalue weighted by molar-refractivity contribution is -0.757. The number of alkyl carbamates (subject to hydrolysis) is 1. The van der Waals surface area contributed by atoms with Crippen molar-refractivity contribution in [3.8, 4) is 0 Å². The molecule has 180 valence electrons. The number of ether oxygens (including phenoxy) is 2. The molecule has 2 aromatic rings. The Morgan fingerprint density at radius 2 is 1.76 bits per heavy atom. The van der Waals surface area contributed by atoms with E-state index >= 15 is 0 Å². The number of nitrogens with zero attached hydrogens (tertiary/aromatic N) is 1. The maximum absolute atomic E-state index is 12.6. The average molecular weight is 466 g/mol. The van der Waals surface area contributed by atoms with Crippen molar-refractivity contribution in [1.29, 1.82) is 0 Å². The van der Waals surface area contributed by atoms with Crippen molar-refractivity contribution in [3.63, 3.8) is 0 Å². The normalized spacial score (nSPS) is 11.4. The first-order chi connectivity index (χ1) is 15.8. The summed E-state index contributed by atoms with van der Waals surface area (Å²) in [6.07, 6.45) is 1.84. The molecule has 0 radical (unpaired) electrons. The van der Waals surface area contributed by atoms with Gasteiger partial charge in [0.05, 0.1) is 13.2 Å². The van der Waals surface area contributed by atoms with Crippen LogP contribution in [0.3, 0.4) is 0 Å². The molecule has 33 heavy (non-hydrogen) atoms. The second-order valence-electron chi connectivity index (χ2n) is 7.03. The van der Waals surface area contributed by atoms with E-state index in [1.807, 2.05) is 6.07 Å². The van der Waals surface area contributed by atoms with Crippen LogP contribution in [0.1, 0.15) is 42.8 Å². The highest BCUT2D eigenvalue weighted by Gasteiger charge is 2.24. The zero-order valence-electron chi connectivity index (χ0n) is 18.2. The van der Waals surface area contributed by atoms with Crippen LogP contribution in [0.4, 0.5) is 4.79 Å². The van der Waals surface area contributed by atoms with Crippen LogP contribution in [-0.2, 0) is 32.1 Å². The van der Waals surface area contributed by atoms with Crippen molar-refractivity contribution in [2.75, 3.05) is 13.2 Å². The van der Waals surface area contributed by atoms with Crippen molar-refractivity contribution in [3.05, 3.63) is 68.1 Å². The Balaban J connectivity index is 1.81. The van der Waals surface area contributed by atoms with E-state index < -0.39 is 29.0 Å². The molecule has 1 heterocycles. The maximum Gasteiger partial charge on any atom is 0.519 e. The number of hydrogen-bond acceptors (Lipinski definition) is 10. The van der Waals surface area contributed by atoms with E-state index in [9.17, 15) is 24.5 Å². The first kappa shape index (κ1) is 25.4. The molecule has 0 saturated heterocycles. The van der Waals surface area contributed by atoms with Crippen molar-refractivity contribution in [1.82, 2.24) is 5.32 Å². The Kier molecular flexibility index (Phi) is 10.4. The van der Waals surface area contributed by atoms with Crippen LogP contribution in [0.2, 0.25) is 0 Å². The topological polar surface area (TPSA) is 160 Å². The number of benzene rings is 1. The fraction of sp³-hybridized carbons (Fsp3) is 0.476. The summed E-state index contributed by atoms with van der Waals surface area (Å²) in [5.74, 6) is -1.35. The predicted octanol–water partition coefficient (Wildman–Crippen LogP) is 2.69. The van der Waals surface area contributed by atoms with E-state index in [0.717, 1.165) is 5.56 Å². The fourth-order valence-electron chi connectivity index (χ4n) is 2.83. The minimum atomic E-state index is -1.03. The summed E-state index contributed by atoms with van der Waals surface area (Å²) in [6, 6.07) is 8.00. The van der Waals surface area contributed by atoms with Crippen molar-refractivity contribution < 1.29 is 37.8 Å². The number of unbranched alkanes of at least 4 members (excludes halogenated alkanes) is 3. The summed E-state index contributed by atoms with van der Waals surface area (Å²) in [4.78, 5) is 50.2. The van der Waals surface area contributed by atoms with Gasteiger partial charge in [-0.3, -0.25) is 0 Å². The summed E-state index contributed by atoms with van der Waals surface area (Å²) >= 11 is 0. The molecule has 0 bridgehead atoms. The molecule has 12 nitrogen and oxygen atoms in total. The minimum absolute atomic E-state index is 0.0272. The van der Waals surface area contributed by atoms with E-state index in [-0.39, 0.29) is 37.8 Å². The number of carbonyl (C=O) groups is 2. The second kappa shape index (κ2) is 13.6. The monoisotopic (exact) mass is 466 g/mol. The Morgan fingerprint density at radius 3 is 2.39 bits per heavy atom. The highest BCUT2D eigenvalue weighted by Crippen LogP contribution is 2.10. The van der Waals surface area contributed by atoms with Gasteiger partial charge in [0.2, 0.25) is 0 Å². The van der Waals surface area contributed by atoms with Crippen LogP contribution in [-0.4, -0.2) is 36.4 Å². The van der Waals surface area contributed by atoms with Gasteiger partial charge in [-0.15, -0.1) is 10.1 Å². The third kappa shape index (κ3) is 9.89. The average Bonchev–Trinajstić information content (AvgIpc) is 3.10. The van der Waals surface area contributed by atoms with Gasteiger partial charge in [0, 0.05) is 6.42 Å². The number of carbonyl (C=O) groups excluding carboxylic acids is 2. The van der Waals surface area contributed by atoms with Gasteiger partial charge in [0.1, 0.15) is 6.04 Å². The van der Waals surface area contributed by atoms with Gasteiger partial charge < -0.3 is 28.5 Å². The van der Waals surface area contributed by atoms with E-state index in [0.29, 0.717) is 25.7 Å². The Bertz CT molecular complexity index is 953. The summed E-state index contributed by atoms with van der Waals surface area (Å²) in [5, 5.41) is 11.7. The number of aryl methyl sites for hydroxylation is 1. The molecule has 1 N–H and O–H groups in total. The third-order valence-corrected chi connectivity index (χ3v) is 4.51. The fourth-order valence-corrected chi connectivity index (χ4v) is 2.83. The van der Waals surface area contributed by atoms with Crippen molar-refractivity contribution in [2.45, 2.75) is 51.7 Å². The lowest BCUT2D eigenvalue weighted by atomic mass is 10.1. The van der Waals surface area contributed by atoms with Crippen LogP contribution in [0.5, 0.6) is 0 Å². The van der Waals surface area contributed by atoms with E-state index in [4.69, 9.17) is 18.3 Å². The molecule has 1 amide bonds. The molecule has 0 fully saturated rings. The zero-order valence-corrected chi connectivity index (χ0v) is 18.2. The predicted molar refractivity (Wildman–Crippen MR) is 112 cm³/mol. The number of hydrogen-bond donors (Lipinski definition) is 1. The van der Waals surface area contributed by atoms with Crippen molar-refractivity contribution in [2.24, 2.45) is 0 Å². The van der Waals surface area contributed by atoms with Gasteiger partial charge in [-0.25, -0.2) is 14.4 Å². The lowest BCUT2D eigenvalue weighted by Crippen LogP contribution is -2.43. The molecule has 1 aromatic carbocycles. The molecule has 1 aromatic heterocycles. The van der Waals surface area contributed by atoms with Crippen molar-refractivity contribution >= 4 is 12.1 Å². The molecule has 1 unspecified atom stereocenters. The number of rotatable bonds is 14. The summed E-state index contributed by atoms with van der Waals surface area (Å²) < 4.78 is 19.8. The molecule has 2 rings (SSSR count). The van der Waals surface area contributed by atoms with Gasteiger partial charge in [-0.05, 0) is 31.7 Å². The molecular formula is C21H26N2O10. The molecule has 0 spiro atoms. The Hall–Kier alpha value is -3.83. The lowest BCUT2D eigenvalue weighted by Gasteiger charge is -2.17. The van der Waals surface area contributed by atoms with Gasteiger partial charge in [0.15, 0.2) is 18.1 Å². The van der Waals surface area contributed by atoms with Crippen LogP contribution >= 0.6 is 0 Å². The summed E-state index contributed by atoms with van der Waals surface area (Å²) in [6.45, 7) is 1.33. The number of amides is 1. The molecule has 12 heteroatoms. The van der Waals surface area contributed by atoms with E-state index in [2.05, 4.69) is 10.2 Å².